The number of alkyl halides is 3. The SMILES string of the molecule is CCc1cn(-c2cccc(OC(F)(F)F)c2)nn1. The van der Waals surface area contributed by atoms with Crippen LogP contribution in [0.3, 0.4) is 0 Å². The fourth-order valence-corrected chi connectivity index (χ4v) is 1.41. The van der Waals surface area contributed by atoms with Crippen LogP contribution in [0, 0.1) is 0 Å². The molecule has 0 aliphatic heterocycles. The van der Waals surface area contributed by atoms with Crippen LogP contribution in [0.5, 0.6) is 5.75 Å². The molecule has 96 valence electrons. The van der Waals surface area contributed by atoms with Crippen LogP contribution in [0.25, 0.3) is 5.69 Å². The van der Waals surface area contributed by atoms with Crippen LogP contribution >= 0.6 is 0 Å². The lowest BCUT2D eigenvalue weighted by Crippen LogP contribution is -2.17. The van der Waals surface area contributed by atoms with Crippen molar-refractivity contribution in [2.24, 2.45) is 0 Å². The Balaban J connectivity index is 2.26. The Morgan fingerprint density at radius 1 is 1.33 bits per heavy atom. The molecule has 0 amide bonds. The van der Waals surface area contributed by atoms with Crippen molar-refractivity contribution in [2.75, 3.05) is 0 Å². The van der Waals surface area contributed by atoms with Gasteiger partial charge in [0.2, 0.25) is 0 Å². The average Bonchev–Trinajstić information content (AvgIpc) is 2.75. The van der Waals surface area contributed by atoms with Gasteiger partial charge in [0, 0.05) is 6.07 Å². The zero-order valence-electron chi connectivity index (χ0n) is 9.48. The first-order valence-corrected chi connectivity index (χ1v) is 5.25. The molecule has 0 aliphatic rings. The zero-order valence-corrected chi connectivity index (χ0v) is 9.48. The number of ether oxygens (including phenoxy) is 1. The summed E-state index contributed by atoms with van der Waals surface area (Å²) < 4.78 is 41.5. The Morgan fingerprint density at radius 3 is 2.72 bits per heavy atom. The van der Waals surface area contributed by atoms with Gasteiger partial charge in [0.15, 0.2) is 0 Å². The number of aryl methyl sites for hydroxylation is 1. The zero-order chi connectivity index (χ0) is 13.2. The molecule has 0 radical (unpaired) electrons. The van der Waals surface area contributed by atoms with Gasteiger partial charge in [-0.05, 0) is 18.6 Å². The Labute approximate surface area is 101 Å². The van der Waals surface area contributed by atoms with E-state index in [9.17, 15) is 13.2 Å². The number of benzene rings is 1. The van der Waals surface area contributed by atoms with E-state index < -0.39 is 6.36 Å². The number of hydrogen-bond donors (Lipinski definition) is 0. The van der Waals surface area contributed by atoms with Crippen LogP contribution in [0.2, 0.25) is 0 Å². The molecule has 0 bridgehead atoms. The summed E-state index contributed by atoms with van der Waals surface area (Å²) in [7, 11) is 0. The van der Waals surface area contributed by atoms with E-state index in [-0.39, 0.29) is 5.75 Å². The van der Waals surface area contributed by atoms with Crippen LogP contribution in [-0.4, -0.2) is 21.4 Å². The third-order valence-electron chi connectivity index (χ3n) is 2.22. The largest absolute Gasteiger partial charge is 0.573 e. The molecule has 4 nitrogen and oxygen atoms in total. The van der Waals surface area contributed by atoms with Crippen molar-refractivity contribution in [1.82, 2.24) is 15.0 Å². The molecule has 1 heterocycles. The van der Waals surface area contributed by atoms with E-state index in [4.69, 9.17) is 0 Å². The van der Waals surface area contributed by atoms with Crippen LogP contribution < -0.4 is 4.74 Å². The first-order chi connectivity index (χ1) is 8.48. The molecule has 2 aromatic rings. The molecule has 0 saturated carbocycles. The predicted molar refractivity (Wildman–Crippen MR) is 57.4 cm³/mol. The maximum atomic E-state index is 12.1. The molecule has 18 heavy (non-hydrogen) atoms. The van der Waals surface area contributed by atoms with E-state index in [1.165, 1.54) is 22.9 Å². The van der Waals surface area contributed by atoms with Crippen molar-refractivity contribution in [3.63, 3.8) is 0 Å². The first-order valence-electron chi connectivity index (χ1n) is 5.25. The summed E-state index contributed by atoms with van der Waals surface area (Å²) in [6.45, 7) is 1.91. The van der Waals surface area contributed by atoms with Crippen LogP contribution in [0.4, 0.5) is 13.2 Å². The molecular weight excluding hydrogens is 247 g/mol. The first kappa shape index (κ1) is 12.4. The van der Waals surface area contributed by atoms with E-state index in [1.807, 2.05) is 6.92 Å². The molecule has 0 saturated heterocycles. The van der Waals surface area contributed by atoms with Crippen molar-refractivity contribution >= 4 is 0 Å². The minimum absolute atomic E-state index is 0.284. The summed E-state index contributed by atoms with van der Waals surface area (Å²) in [6.07, 6.45) is -2.33. The summed E-state index contributed by atoms with van der Waals surface area (Å²) in [5.74, 6) is -0.284. The van der Waals surface area contributed by atoms with Crippen LogP contribution in [0.1, 0.15) is 12.6 Å². The monoisotopic (exact) mass is 257 g/mol. The topological polar surface area (TPSA) is 39.9 Å². The molecule has 0 spiro atoms. The van der Waals surface area contributed by atoms with Gasteiger partial charge in [0.1, 0.15) is 5.75 Å². The Morgan fingerprint density at radius 2 is 2.11 bits per heavy atom. The van der Waals surface area contributed by atoms with Crippen LogP contribution in [-0.2, 0) is 6.42 Å². The van der Waals surface area contributed by atoms with Gasteiger partial charge in [-0.25, -0.2) is 4.68 Å². The summed E-state index contributed by atoms with van der Waals surface area (Å²) in [4.78, 5) is 0. The van der Waals surface area contributed by atoms with Gasteiger partial charge in [-0.15, -0.1) is 18.3 Å². The van der Waals surface area contributed by atoms with Gasteiger partial charge in [0.25, 0.3) is 0 Å². The minimum Gasteiger partial charge on any atom is -0.406 e. The standard InChI is InChI=1S/C11H10F3N3O/c1-2-8-7-17(16-15-8)9-4-3-5-10(6-9)18-11(12,13)14/h3-7H,2H2,1H3. The highest BCUT2D eigenvalue weighted by Crippen LogP contribution is 2.24. The maximum Gasteiger partial charge on any atom is 0.573 e. The highest BCUT2D eigenvalue weighted by atomic mass is 19.4. The Hall–Kier alpha value is -2.05. The second kappa shape index (κ2) is 4.67. The normalized spacial score (nSPS) is 11.6. The van der Waals surface area contributed by atoms with Gasteiger partial charge in [-0.3, -0.25) is 0 Å². The molecule has 2 rings (SSSR count). The molecule has 0 aliphatic carbocycles. The minimum atomic E-state index is -4.70. The fraction of sp³-hybridized carbons (Fsp3) is 0.273. The molecule has 0 unspecified atom stereocenters. The number of hydrogen-bond acceptors (Lipinski definition) is 3. The van der Waals surface area contributed by atoms with Crippen molar-refractivity contribution < 1.29 is 17.9 Å². The number of rotatable bonds is 3. The third-order valence-corrected chi connectivity index (χ3v) is 2.22. The average molecular weight is 257 g/mol. The maximum absolute atomic E-state index is 12.1. The van der Waals surface area contributed by atoms with E-state index in [0.717, 1.165) is 5.69 Å². The lowest BCUT2D eigenvalue weighted by molar-refractivity contribution is -0.274. The third kappa shape index (κ3) is 2.99. The molecule has 7 heteroatoms. The Bertz CT molecular complexity index is 536. The van der Waals surface area contributed by atoms with Crippen molar-refractivity contribution in [3.8, 4) is 11.4 Å². The smallest absolute Gasteiger partial charge is 0.406 e. The fourth-order valence-electron chi connectivity index (χ4n) is 1.41. The van der Waals surface area contributed by atoms with Crippen molar-refractivity contribution in [2.45, 2.75) is 19.7 Å². The Kier molecular flexibility index (Phi) is 3.22. The molecule has 1 aromatic carbocycles. The van der Waals surface area contributed by atoms with Gasteiger partial charge < -0.3 is 4.74 Å². The predicted octanol–water partition coefficient (Wildman–Crippen LogP) is 2.73. The van der Waals surface area contributed by atoms with E-state index in [0.29, 0.717) is 12.1 Å². The lowest BCUT2D eigenvalue weighted by Gasteiger charge is -2.09. The summed E-state index contributed by atoms with van der Waals surface area (Å²) >= 11 is 0. The van der Waals surface area contributed by atoms with E-state index >= 15 is 0 Å². The summed E-state index contributed by atoms with van der Waals surface area (Å²) in [5, 5.41) is 7.69. The highest BCUT2D eigenvalue weighted by molar-refractivity contribution is 5.38. The summed E-state index contributed by atoms with van der Waals surface area (Å²) in [5.41, 5.74) is 1.22. The van der Waals surface area contributed by atoms with E-state index in [1.54, 1.807) is 12.3 Å². The molecule has 0 atom stereocenters. The second-order valence-electron chi connectivity index (χ2n) is 3.55. The molecule has 1 aromatic heterocycles. The lowest BCUT2D eigenvalue weighted by atomic mass is 10.3. The van der Waals surface area contributed by atoms with Gasteiger partial charge in [-0.2, -0.15) is 0 Å². The van der Waals surface area contributed by atoms with E-state index in [2.05, 4.69) is 15.0 Å². The summed E-state index contributed by atoms with van der Waals surface area (Å²) in [6, 6.07) is 5.57. The molecule has 0 N–H and O–H groups in total. The molecule has 0 fully saturated rings. The highest BCUT2D eigenvalue weighted by Gasteiger charge is 2.31. The molecular formula is C11H10F3N3O. The van der Waals surface area contributed by atoms with Gasteiger partial charge in [0.05, 0.1) is 17.6 Å². The van der Waals surface area contributed by atoms with Crippen molar-refractivity contribution in [3.05, 3.63) is 36.2 Å². The quantitative estimate of drug-likeness (QED) is 0.848. The number of aromatic nitrogens is 3. The number of halogens is 3. The number of nitrogens with zero attached hydrogens (tertiary/aromatic N) is 3. The van der Waals surface area contributed by atoms with Gasteiger partial charge in [-0.1, -0.05) is 18.2 Å². The van der Waals surface area contributed by atoms with Crippen molar-refractivity contribution in [1.29, 1.82) is 0 Å². The van der Waals surface area contributed by atoms with Gasteiger partial charge >= 0.3 is 6.36 Å². The van der Waals surface area contributed by atoms with Crippen LogP contribution in [0.15, 0.2) is 30.5 Å². The second-order valence-corrected chi connectivity index (χ2v) is 3.55.